The number of ether oxygens (including phenoxy) is 1. The van der Waals surface area contributed by atoms with Crippen molar-refractivity contribution < 1.29 is 14.6 Å². The molecule has 2 aromatic heterocycles. The summed E-state index contributed by atoms with van der Waals surface area (Å²) in [4.78, 5) is 14.9. The van der Waals surface area contributed by atoms with Gasteiger partial charge in [-0.2, -0.15) is 0 Å². The zero-order valence-corrected chi connectivity index (χ0v) is 11.8. The first-order valence-corrected chi connectivity index (χ1v) is 6.40. The molecule has 0 radical (unpaired) electrons. The van der Waals surface area contributed by atoms with E-state index >= 15 is 0 Å². The van der Waals surface area contributed by atoms with Crippen LogP contribution in [0.15, 0.2) is 16.7 Å². The Morgan fingerprint density at radius 2 is 2.37 bits per heavy atom. The molecule has 0 saturated carbocycles. The molecular weight excluding hydrogens is 316 g/mol. The van der Waals surface area contributed by atoms with Gasteiger partial charge in [0.2, 0.25) is 0 Å². The number of aromatic nitrogens is 3. The van der Waals surface area contributed by atoms with Crippen molar-refractivity contribution in [2.24, 2.45) is 0 Å². The highest BCUT2D eigenvalue weighted by Gasteiger charge is 2.13. The van der Waals surface area contributed by atoms with Gasteiger partial charge in [0.25, 0.3) is 0 Å². The van der Waals surface area contributed by atoms with Gasteiger partial charge in [-0.25, -0.2) is 9.50 Å². The van der Waals surface area contributed by atoms with Gasteiger partial charge in [-0.1, -0.05) is 0 Å². The van der Waals surface area contributed by atoms with Gasteiger partial charge in [-0.3, -0.25) is 4.79 Å². The Balaban J connectivity index is 2.26. The van der Waals surface area contributed by atoms with E-state index in [1.807, 2.05) is 0 Å². The lowest BCUT2D eigenvalue weighted by molar-refractivity contribution is -0.136. The summed E-state index contributed by atoms with van der Waals surface area (Å²) < 4.78 is 7.06. The van der Waals surface area contributed by atoms with Crippen molar-refractivity contribution in [2.75, 3.05) is 25.6 Å². The lowest BCUT2D eigenvalue weighted by Crippen LogP contribution is -2.10. The quantitative estimate of drug-likeness (QED) is 0.774. The molecule has 0 atom stereocenters. The number of aliphatic carboxylic acids is 1. The molecule has 0 aliphatic carbocycles. The number of nitrogens with zero attached hydrogens (tertiary/aromatic N) is 3. The minimum Gasteiger partial charge on any atom is -0.481 e. The van der Waals surface area contributed by atoms with Crippen molar-refractivity contribution in [3.8, 4) is 0 Å². The molecule has 0 spiro atoms. The Bertz CT molecular complexity index is 599. The smallest absolute Gasteiger partial charge is 0.309 e. The third kappa shape index (κ3) is 3.21. The third-order valence-electron chi connectivity index (χ3n) is 2.42. The maximum absolute atomic E-state index is 10.7. The molecule has 0 fully saturated rings. The van der Waals surface area contributed by atoms with Gasteiger partial charge in [0.05, 0.1) is 18.7 Å². The number of hydrogen-bond donors (Lipinski definition) is 2. The van der Waals surface area contributed by atoms with E-state index in [0.29, 0.717) is 34.9 Å². The van der Waals surface area contributed by atoms with Gasteiger partial charge in [-0.15, -0.1) is 5.10 Å². The van der Waals surface area contributed by atoms with E-state index < -0.39 is 5.97 Å². The SMILES string of the molecule is COCCNc1ccc2nc(CC(=O)O)c(Br)n2n1. The molecule has 102 valence electrons. The molecular formula is C11H13BrN4O3. The van der Waals surface area contributed by atoms with Crippen molar-refractivity contribution in [3.63, 3.8) is 0 Å². The highest BCUT2D eigenvalue weighted by molar-refractivity contribution is 9.10. The maximum atomic E-state index is 10.7. The molecule has 0 aliphatic rings. The summed E-state index contributed by atoms with van der Waals surface area (Å²) in [5.74, 6) is -0.257. The zero-order chi connectivity index (χ0) is 13.8. The summed E-state index contributed by atoms with van der Waals surface area (Å²) >= 11 is 3.32. The van der Waals surface area contributed by atoms with Crippen molar-refractivity contribution in [3.05, 3.63) is 22.4 Å². The number of carbonyl (C=O) groups is 1. The number of fused-ring (bicyclic) bond motifs is 1. The van der Waals surface area contributed by atoms with Gasteiger partial charge < -0.3 is 15.2 Å². The van der Waals surface area contributed by atoms with E-state index in [4.69, 9.17) is 9.84 Å². The molecule has 2 N–H and O–H groups in total. The molecule has 0 saturated heterocycles. The minimum atomic E-state index is -0.928. The number of imidazole rings is 1. The number of nitrogens with one attached hydrogen (secondary N) is 1. The summed E-state index contributed by atoms with van der Waals surface area (Å²) in [6.07, 6.45) is -0.142. The Hall–Kier alpha value is -1.67. The summed E-state index contributed by atoms with van der Waals surface area (Å²) in [6.45, 7) is 1.22. The van der Waals surface area contributed by atoms with Crippen molar-refractivity contribution in [1.82, 2.24) is 14.6 Å². The molecule has 2 aromatic rings. The molecule has 2 rings (SSSR count). The van der Waals surface area contributed by atoms with Crippen LogP contribution in [-0.2, 0) is 16.0 Å². The van der Waals surface area contributed by atoms with Crippen LogP contribution in [0.4, 0.5) is 5.82 Å². The van der Waals surface area contributed by atoms with E-state index in [0.717, 1.165) is 0 Å². The average Bonchev–Trinajstić information content (AvgIpc) is 2.66. The third-order valence-corrected chi connectivity index (χ3v) is 3.21. The second-order valence-corrected chi connectivity index (χ2v) is 4.58. The fourth-order valence-electron chi connectivity index (χ4n) is 1.58. The van der Waals surface area contributed by atoms with Crippen LogP contribution in [-0.4, -0.2) is 45.9 Å². The molecule has 0 aromatic carbocycles. The first kappa shape index (κ1) is 13.8. The van der Waals surface area contributed by atoms with Crippen LogP contribution >= 0.6 is 15.9 Å². The summed E-state index contributed by atoms with van der Waals surface area (Å²) in [7, 11) is 1.63. The van der Waals surface area contributed by atoms with E-state index in [-0.39, 0.29) is 6.42 Å². The van der Waals surface area contributed by atoms with E-state index in [9.17, 15) is 4.79 Å². The van der Waals surface area contributed by atoms with Crippen LogP contribution in [0.1, 0.15) is 5.69 Å². The number of carboxylic acid groups (broad SMARTS) is 1. The first-order valence-electron chi connectivity index (χ1n) is 5.60. The Morgan fingerprint density at radius 3 is 3.05 bits per heavy atom. The maximum Gasteiger partial charge on any atom is 0.309 e. The van der Waals surface area contributed by atoms with Gasteiger partial charge in [0, 0.05) is 13.7 Å². The minimum absolute atomic E-state index is 0.142. The number of carboxylic acids is 1. The Kier molecular flexibility index (Phi) is 4.33. The van der Waals surface area contributed by atoms with Gasteiger partial charge >= 0.3 is 5.97 Å². The molecule has 0 aliphatic heterocycles. The normalized spacial score (nSPS) is 10.8. The molecule has 8 heteroatoms. The lowest BCUT2D eigenvalue weighted by atomic mass is 10.3. The van der Waals surface area contributed by atoms with E-state index in [1.165, 1.54) is 0 Å². The number of anilines is 1. The number of hydrogen-bond acceptors (Lipinski definition) is 5. The largest absolute Gasteiger partial charge is 0.481 e. The van der Waals surface area contributed by atoms with Crippen molar-refractivity contribution in [2.45, 2.75) is 6.42 Å². The number of rotatable bonds is 6. The van der Waals surface area contributed by atoms with Gasteiger partial charge in [-0.05, 0) is 28.1 Å². The molecule has 7 nitrogen and oxygen atoms in total. The van der Waals surface area contributed by atoms with Crippen LogP contribution in [0, 0.1) is 0 Å². The van der Waals surface area contributed by atoms with E-state index in [1.54, 1.807) is 23.8 Å². The van der Waals surface area contributed by atoms with Crippen LogP contribution in [0.5, 0.6) is 0 Å². The van der Waals surface area contributed by atoms with Crippen molar-refractivity contribution >= 4 is 33.4 Å². The number of methoxy groups -OCH3 is 1. The summed E-state index contributed by atoms with van der Waals surface area (Å²) in [6, 6.07) is 3.56. The predicted octanol–water partition coefficient (Wildman–Crippen LogP) is 1.18. The van der Waals surface area contributed by atoms with Crippen LogP contribution in [0.3, 0.4) is 0 Å². The molecule has 19 heavy (non-hydrogen) atoms. The zero-order valence-electron chi connectivity index (χ0n) is 10.3. The van der Waals surface area contributed by atoms with Crippen LogP contribution in [0.25, 0.3) is 5.65 Å². The van der Waals surface area contributed by atoms with Crippen LogP contribution < -0.4 is 5.32 Å². The van der Waals surface area contributed by atoms with Gasteiger partial charge in [0.15, 0.2) is 5.65 Å². The van der Waals surface area contributed by atoms with Crippen LogP contribution in [0.2, 0.25) is 0 Å². The fraction of sp³-hybridized carbons (Fsp3) is 0.364. The first-order chi connectivity index (χ1) is 9.11. The second kappa shape index (κ2) is 5.98. The highest BCUT2D eigenvalue weighted by atomic mass is 79.9. The predicted molar refractivity (Wildman–Crippen MR) is 72.4 cm³/mol. The highest BCUT2D eigenvalue weighted by Crippen LogP contribution is 2.19. The Labute approximate surface area is 117 Å². The van der Waals surface area contributed by atoms with Gasteiger partial charge in [0.1, 0.15) is 10.4 Å². The monoisotopic (exact) mass is 328 g/mol. The van der Waals surface area contributed by atoms with Crippen molar-refractivity contribution in [1.29, 1.82) is 0 Å². The molecule has 0 bridgehead atoms. The summed E-state index contributed by atoms with van der Waals surface area (Å²) in [5.41, 5.74) is 1.05. The average molecular weight is 329 g/mol. The molecule has 2 heterocycles. The topological polar surface area (TPSA) is 88.8 Å². The van der Waals surface area contributed by atoms with E-state index in [2.05, 4.69) is 31.3 Å². The fourth-order valence-corrected chi connectivity index (χ4v) is 2.07. The Morgan fingerprint density at radius 1 is 1.58 bits per heavy atom. The second-order valence-electron chi connectivity index (χ2n) is 3.83. The lowest BCUT2D eigenvalue weighted by Gasteiger charge is -2.04. The number of halogens is 1. The molecule has 0 amide bonds. The molecule has 0 unspecified atom stereocenters. The summed E-state index contributed by atoms with van der Waals surface area (Å²) in [5, 5.41) is 16.2. The standard InChI is InChI=1S/C11H13BrN4O3/c1-19-5-4-13-8-2-3-9-14-7(6-10(17)18)11(12)16(9)15-8/h2-3H,4-6H2,1H3,(H,13,15)(H,17,18).